The zero-order chi connectivity index (χ0) is 15.4. The van der Waals surface area contributed by atoms with Crippen molar-refractivity contribution < 1.29 is 9.59 Å². The number of anilines is 2. The van der Waals surface area contributed by atoms with Crippen LogP contribution in [0.15, 0.2) is 18.2 Å². The van der Waals surface area contributed by atoms with Crippen molar-refractivity contribution in [2.24, 2.45) is 0 Å². The summed E-state index contributed by atoms with van der Waals surface area (Å²) in [6, 6.07) is 5.04. The Kier molecular flexibility index (Phi) is 4.70. The molecule has 0 atom stereocenters. The molecule has 6 nitrogen and oxygen atoms in total. The normalized spacial score (nSPS) is 10.4. The van der Waals surface area contributed by atoms with Gasteiger partial charge < -0.3 is 10.6 Å². The summed E-state index contributed by atoms with van der Waals surface area (Å²) in [7, 11) is 0. The Morgan fingerprint density at radius 1 is 1.00 bits per heavy atom. The van der Waals surface area contributed by atoms with Crippen LogP contribution < -0.4 is 10.6 Å². The lowest BCUT2D eigenvalue weighted by Crippen LogP contribution is -2.17. The molecule has 21 heavy (non-hydrogen) atoms. The predicted octanol–water partition coefficient (Wildman–Crippen LogP) is 2.98. The van der Waals surface area contributed by atoms with E-state index in [2.05, 4.69) is 20.6 Å². The first-order chi connectivity index (χ1) is 10.0. The van der Waals surface area contributed by atoms with Crippen LogP contribution in [0.4, 0.5) is 11.6 Å². The maximum Gasteiger partial charge on any atom is 0.225 e. The predicted molar refractivity (Wildman–Crippen MR) is 82.4 cm³/mol. The van der Waals surface area contributed by atoms with Crippen molar-refractivity contribution in [1.29, 1.82) is 0 Å². The summed E-state index contributed by atoms with van der Waals surface area (Å²) in [6.07, 6.45) is 0.609. The zero-order valence-electron chi connectivity index (χ0n) is 11.7. The third-order valence-electron chi connectivity index (χ3n) is 2.78. The molecule has 1 heterocycles. The van der Waals surface area contributed by atoms with Crippen LogP contribution in [0.1, 0.15) is 26.7 Å². The number of rotatable bonds is 4. The smallest absolute Gasteiger partial charge is 0.225 e. The number of carbonyl (C=O) groups is 2. The Morgan fingerprint density at radius 2 is 1.52 bits per heavy atom. The van der Waals surface area contributed by atoms with Gasteiger partial charge in [-0.05, 0) is 18.2 Å². The van der Waals surface area contributed by atoms with Crippen molar-refractivity contribution >= 4 is 46.1 Å². The van der Waals surface area contributed by atoms with Crippen LogP contribution in [0.5, 0.6) is 0 Å². The van der Waals surface area contributed by atoms with Crippen molar-refractivity contribution in [2.45, 2.75) is 26.7 Å². The maximum atomic E-state index is 11.6. The van der Waals surface area contributed by atoms with Gasteiger partial charge in [-0.1, -0.05) is 25.4 Å². The summed E-state index contributed by atoms with van der Waals surface area (Å²) >= 11 is 5.93. The molecule has 0 saturated carbocycles. The highest BCUT2D eigenvalue weighted by molar-refractivity contribution is 6.31. The fourth-order valence-corrected chi connectivity index (χ4v) is 1.81. The second-order valence-corrected chi connectivity index (χ2v) is 4.79. The first kappa shape index (κ1) is 15.2. The largest absolute Gasteiger partial charge is 0.308 e. The van der Waals surface area contributed by atoms with Crippen LogP contribution in [0, 0.1) is 0 Å². The molecule has 2 N–H and O–H groups in total. The summed E-state index contributed by atoms with van der Waals surface area (Å²) in [5.74, 6) is 0.0409. The first-order valence-corrected chi connectivity index (χ1v) is 6.98. The number of benzene rings is 1. The summed E-state index contributed by atoms with van der Waals surface area (Å²) in [5.41, 5.74) is 1.13. The van der Waals surface area contributed by atoms with Crippen LogP contribution in [-0.2, 0) is 9.59 Å². The van der Waals surface area contributed by atoms with E-state index in [0.717, 1.165) is 0 Å². The number of carbonyl (C=O) groups excluding carboxylic acids is 2. The third-order valence-corrected chi connectivity index (χ3v) is 3.02. The Morgan fingerprint density at radius 3 is 2.05 bits per heavy atom. The third kappa shape index (κ3) is 3.66. The number of amides is 2. The number of halogens is 1. The summed E-state index contributed by atoms with van der Waals surface area (Å²) in [5, 5.41) is 5.79. The second-order valence-electron chi connectivity index (χ2n) is 4.36. The molecule has 2 rings (SSSR count). The van der Waals surface area contributed by atoms with Crippen LogP contribution in [-0.4, -0.2) is 21.8 Å². The molecule has 7 heteroatoms. The lowest BCUT2D eigenvalue weighted by Gasteiger charge is -2.11. The topological polar surface area (TPSA) is 84.0 Å². The molecule has 0 fully saturated rings. The fourth-order valence-electron chi connectivity index (χ4n) is 1.64. The van der Waals surface area contributed by atoms with Gasteiger partial charge in [0.25, 0.3) is 0 Å². The van der Waals surface area contributed by atoms with Gasteiger partial charge in [-0.25, -0.2) is 9.97 Å². The number of nitrogens with one attached hydrogen (secondary N) is 2. The van der Waals surface area contributed by atoms with Gasteiger partial charge in [-0.15, -0.1) is 0 Å². The van der Waals surface area contributed by atoms with Crippen molar-refractivity contribution in [3.8, 4) is 0 Å². The zero-order valence-corrected chi connectivity index (χ0v) is 12.5. The molecule has 0 aliphatic rings. The summed E-state index contributed by atoms with van der Waals surface area (Å²) in [4.78, 5) is 31.8. The van der Waals surface area contributed by atoms with E-state index < -0.39 is 0 Å². The molecule has 0 unspecified atom stereocenters. The maximum absolute atomic E-state index is 11.6. The lowest BCUT2D eigenvalue weighted by molar-refractivity contribution is -0.116. The van der Waals surface area contributed by atoms with E-state index in [9.17, 15) is 9.59 Å². The van der Waals surface area contributed by atoms with Crippen LogP contribution in [0.2, 0.25) is 5.02 Å². The van der Waals surface area contributed by atoms with E-state index >= 15 is 0 Å². The Hall–Kier alpha value is -2.21. The van der Waals surface area contributed by atoms with Crippen molar-refractivity contribution in [3.63, 3.8) is 0 Å². The monoisotopic (exact) mass is 306 g/mol. The molecular formula is C14H15ClN4O2. The molecule has 0 saturated heterocycles. The molecule has 0 aliphatic carbocycles. The standard InChI is InChI=1S/C14H15ClN4O2/c1-3-11(20)18-13-14(19-12(21)4-2)17-10-7-8(15)5-6-9(10)16-13/h5-7H,3-4H2,1-2H3,(H,16,18,20)(H,17,19,21). The molecule has 0 bridgehead atoms. The Balaban J connectivity index is 2.50. The molecule has 0 spiro atoms. The number of hydrogen-bond acceptors (Lipinski definition) is 4. The van der Waals surface area contributed by atoms with Gasteiger partial charge in [0.05, 0.1) is 11.0 Å². The van der Waals surface area contributed by atoms with Crippen molar-refractivity contribution in [3.05, 3.63) is 23.2 Å². The molecule has 2 aromatic rings. The average Bonchev–Trinajstić information content (AvgIpc) is 2.47. The van der Waals surface area contributed by atoms with E-state index in [1.54, 1.807) is 32.0 Å². The molecular weight excluding hydrogens is 292 g/mol. The van der Waals surface area contributed by atoms with Crippen molar-refractivity contribution in [1.82, 2.24) is 9.97 Å². The van der Waals surface area contributed by atoms with E-state index in [-0.39, 0.29) is 23.5 Å². The van der Waals surface area contributed by atoms with Gasteiger partial charge >= 0.3 is 0 Å². The highest BCUT2D eigenvalue weighted by atomic mass is 35.5. The minimum atomic E-state index is -0.210. The number of fused-ring (bicyclic) bond motifs is 1. The first-order valence-electron chi connectivity index (χ1n) is 6.60. The van der Waals surface area contributed by atoms with Crippen LogP contribution in [0.25, 0.3) is 11.0 Å². The van der Waals surface area contributed by atoms with Gasteiger partial charge in [0.15, 0.2) is 11.6 Å². The molecule has 1 aromatic heterocycles. The Bertz CT molecular complexity index is 703. The number of aromatic nitrogens is 2. The average molecular weight is 307 g/mol. The minimum absolute atomic E-state index is 0.204. The molecule has 2 amide bonds. The van der Waals surface area contributed by atoms with Crippen molar-refractivity contribution in [2.75, 3.05) is 10.6 Å². The van der Waals surface area contributed by atoms with Gasteiger partial charge in [0.1, 0.15) is 0 Å². The fraction of sp³-hybridized carbons (Fsp3) is 0.286. The highest BCUT2D eigenvalue weighted by Crippen LogP contribution is 2.24. The van der Waals surface area contributed by atoms with E-state index in [4.69, 9.17) is 11.6 Å². The van der Waals surface area contributed by atoms with Gasteiger partial charge in [-0.3, -0.25) is 9.59 Å². The lowest BCUT2D eigenvalue weighted by atomic mass is 10.3. The summed E-state index contributed by atoms with van der Waals surface area (Å²) < 4.78 is 0. The molecule has 0 aliphatic heterocycles. The number of hydrogen-bond donors (Lipinski definition) is 2. The van der Waals surface area contributed by atoms with E-state index in [1.165, 1.54) is 0 Å². The van der Waals surface area contributed by atoms with Crippen LogP contribution >= 0.6 is 11.6 Å². The Labute approximate surface area is 126 Å². The van der Waals surface area contributed by atoms with Gasteiger partial charge in [0, 0.05) is 17.9 Å². The second kappa shape index (κ2) is 6.49. The minimum Gasteiger partial charge on any atom is -0.308 e. The van der Waals surface area contributed by atoms with Crippen LogP contribution in [0.3, 0.4) is 0 Å². The molecule has 0 radical (unpaired) electrons. The highest BCUT2D eigenvalue weighted by Gasteiger charge is 2.13. The quantitative estimate of drug-likeness (QED) is 0.909. The van der Waals surface area contributed by atoms with Gasteiger partial charge in [0.2, 0.25) is 11.8 Å². The SMILES string of the molecule is CCC(=O)Nc1nc2ccc(Cl)cc2nc1NC(=O)CC. The number of nitrogens with zero attached hydrogens (tertiary/aromatic N) is 2. The van der Waals surface area contributed by atoms with E-state index in [0.29, 0.717) is 28.9 Å². The molecule has 110 valence electrons. The summed E-state index contributed by atoms with van der Waals surface area (Å²) in [6.45, 7) is 3.46. The van der Waals surface area contributed by atoms with E-state index in [1.807, 2.05) is 0 Å². The van der Waals surface area contributed by atoms with Gasteiger partial charge in [-0.2, -0.15) is 0 Å². The molecule has 1 aromatic carbocycles.